The topological polar surface area (TPSA) is 18.5 Å². The maximum Gasteiger partial charge on any atom is 0.416 e. The van der Waals surface area contributed by atoms with Gasteiger partial charge in [0.25, 0.3) is 6.55 Å². The Kier molecular flexibility index (Phi) is 7.22. The summed E-state index contributed by atoms with van der Waals surface area (Å²) in [4.78, 5) is 0. The van der Waals surface area contributed by atoms with E-state index in [9.17, 15) is 26.3 Å². The normalized spacial score (nSPS) is 13.4. The lowest BCUT2D eigenvalue weighted by atomic mass is 9.44. The van der Waals surface area contributed by atoms with E-state index in [0.717, 1.165) is 18.2 Å². The molecule has 2 nitrogen and oxygen atoms in total. The molecule has 2 aromatic rings. The molecule has 0 aliphatic heterocycles. The maximum absolute atomic E-state index is 14.0. The quantitative estimate of drug-likeness (QED) is 0.415. The predicted octanol–water partition coefficient (Wildman–Crippen LogP) is 5.75. The molecule has 0 aliphatic rings. The SMILES string of the molecule is Cc1cc([B-](OC(C)C)(OC(C)C)c2cc(C)ccc2C(F)(F)F)cc(C(F)(F)F)c1. The third-order valence-corrected chi connectivity index (χ3v) is 4.72. The molecule has 172 valence electrons. The molecule has 0 aliphatic carbocycles. The van der Waals surface area contributed by atoms with Crippen LogP contribution in [-0.4, -0.2) is 18.8 Å². The van der Waals surface area contributed by atoms with Gasteiger partial charge in [-0.1, -0.05) is 41.5 Å². The van der Waals surface area contributed by atoms with E-state index in [-0.39, 0.29) is 16.5 Å². The van der Waals surface area contributed by atoms with Gasteiger partial charge in [-0.15, -0.1) is 10.9 Å². The fraction of sp³-hybridized carbons (Fsp3) is 0.455. The van der Waals surface area contributed by atoms with E-state index < -0.39 is 42.2 Å². The largest absolute Gasteiger partial charge is 0.559 e. The van der Waals surface area contributed by atoms with Gasteiger partial charge in [0, 0.05) is 17.8 Å². The van der Waals surface area contributed by atoms with E-state index in [1.54, 1.807) is 34.6 Å². The van der Waals surface area contributed by atoms with E-state index in [2.05, 4.69) is 0 Å². The molecule has 0 aromatic heterocycles. The van der Waals surface area contributed by atoms with Crippen molar-refractivity contribution in [2.45, 2.75) is 66.1 Å². The van der Waals surface area contributed by atoms with Gasteiger partial charge < -0.3 is 9.31 Å². The van der Waals surface area contributed by atoms with Crippen LogP contribution in [0.4, 0.5) is 26.3 Å². The van der Waals surface area contributed by atoms with Crippen LogP contribution in [0.2, 0.25) is 0 Å². The highest BCUT2D eigenvalue weighted by Crippen LogP contribution is 2.33. The molecule has 0 amide bonds. The summed E-state index contributed by atoms with van der Waals surface area (Å²) in [6, 6.07) is 6.65. The number of hydrogen-bond donors (Lipinski definition) is 0. The summed E-state index contributed by atoms with van der Waals surface area (Å²) in [5, 5.41) is 0. The van der Waals surface area contributed by atoms with Gasteiger partial charge >= 0.3 is 12.4 Å². The van der Waals surface area contributed by atoms with Gasteiger partial charge in [0.2, 0.25) is 0 Å². The third-order valence-electron chi connectivity index (χ3n) is 4.72. The van der Waals surface area contributed by atoms with Crippen LogP contribution >= 0.6 is 0 Å². The Morgan fingerprint density at radius 2 is 1.26 bits per heavy atom. The summed E-state index contributed by atoms with van der Waals surface area (Å²) in [5.41, 5.74) is -1.67. The highest BCUT2D eigenvalue weighted by atomic mass is 19.4. The van der Waals surface area contributed by atoms with Gasteiger partial charge in [-0.3, -0.25) is 0 Å². The lowest BCUT2D eigenvalue weighted by Gasteiger charge is -2.47. The van der Waals surface area contributed by atoms with E-state index in [4.69, 9.17) is 9.31 Å². The average Bonchev–Trinajstić information content (AvgIpc) is 2.57. The van der Waals surface area contributed by atoms with Crippen LogP contribution in [0.5, 0.6) is 0 Å². The van der Waals surface area contributed by atoms with Crippen molar-refractivity contribution in [3.05, 3.63) is 58.7 Å². The van der Waals surface area contributed by atoms with Crippen LogP contribution < -0.4 is 10.9 Å². The summed E-state index contributed by atoms with van der Waals surface area (Å²) in [6.45, 7) is 6.35. The molecule has 0 fully saturated rings. The minimum atomic E-state index is -4.76. The third kappa shape index (κ3) is 5.83. The van der Waals surface area contributed by atoms with Crippen molar-refractivity contribution in [3.63, 3.8) is 0 Å². The number of benzene rings is 2. The zero-order chi connectivity index (χ0) is 23.8. The summed E-state index contributed by atoms with van der Waals surface area (Å²) < 4.78 is 94.5. The van der Waals surface area contributed by atoms with Crippen LogP contribution in [0.1, 0.15) is 49.9 Å². The molecule has 0 atom stereocenters. The maximum atomic E-state index is 14.0. The van der Waals surface area contributed by atoms with E-state index >= 15 is 0 Å². The Morgan fingerprint density at radius 1 is 0.710 bits per heavy atom. The number of rotatable bonds is 6. The van der Waals surface area contributed by atoms with Crippen LogP contribution in [0.3, 0.4) is 0 Å². The first-order chi connectivity index (χ1) is 14.1. The number of alkyl halides is 6. The second-order valence-corrected chi connectivity index (χ2v) is 8.30. The fourth-order valence-corrected chi connectivity index (χ4v) is 3.73. The average molecular weight is 447 g/mol. The van der Waals surface area contributed by atoms with Crippen molar-refractivity contribution < 1.29 is 35.7 Å². The van der Waals surface area contributed by atoms with Gasteiger partial charge in [0.1, 0.15) is 0 Å². The first-order valence-corrected chi connectivity index (χ1v) is 9.93. The monoisotopic (exact) mass is 447 g/mol. The molecular weight excluding hydrogens is 421 g/mol. The molecule has 2 rings (SSSR count). The van der Waals surface area contributed by atoms with E-state index in [0.29, 0.717) is 5.56 Å². The summed E-state index contributed by atoms with van der Waals surface area (Å²) in [7, 11) is 0. The van der Waals surface area contributed by atoms with Crippen molar-refractivity contribution in [1.82, 2.24) is 0 Å². The lowest BCUT2D eigenvalue weighted by Crippen LogP contribution is -2.66. The van der Waals surface area contributed by atoms with E-state index in [1.165, 1.54) is 25.1 Å². The highest BCUT2D eigenvalue weighted by molar-refractivity contribution is 6.93. The molecule has 0 unspecified atom stereocenters. The first kappa shape index (κ1) is 25.3. The van der Waals surface area contributed by atoms with Gasteiger partial charge in [-0.2, -0.15) is 26.3 Å². The van der Waals surface area contributed by atoms with Crippen LogP contribution in [0.15, 0.2) is 36.4 Å². The van der Waals surface area contributed by atoms with Crippen LogP contribution in [0.25, 0.3) is 0 Å². The lowest BCUT2D eigenvalue weighted by molar-refractivity contribution is -0.138. The molecule has 0 spiro atoms. The van der Waals surface area contributed by atoms with Crippen molar-refractivity contribution in [2.75, 3.05) is 0 Å². The minimum Gasteiger partial charge on any atom is -0.559 e. The number of hydrogen-bond acceptors (Lipinski definition) is 2. The molecule has 0 heterocycles. The summed E-state index contributed by atoms with van der Waals surface area (Å²) in [5.74, 6) is 0. The molecule has 0 bridgehead atoms. The standard InChI is InChI=1S/C22H26BF6O2/c1-13(2)30-23(31-14(3)4,18-10-16(6)9-17(12-18)21(24,25)26)20-11-15(5)7-8-19(20)22(27,28)29/h7-14H,1-6H3/q-1. The Morgan fingerprint density at radius 3 is 1.71 bits per heavy atom. The molecule has 9 heteroatoms. The fourth-order valence-electron chi connectivity index (χ4n) is 3.73. The van der Waals surface area contributed by atoms with Crippen molar-refractivity contribution in [2.24, 2.45) is 0 Å². The van der Waals surface area contributed by atoms with E-state index in [1.807, 2.05) is 0 Å². The molecular formula is C22H26BF6O2-. The molecule has 0 saturated carbocycles. The molecule has 31 heavy (non-hydrogen) atoms. The van der Waals surface area contributed by atoms with Gasteiger partial charge in [0.15, 0.2) is 0 Å². The van der Waals surface area contributed by atoms with Crippen LogP contribution in [-0.2, 0) is 21.7 Å². The Balaban J connectivity index is 3.00. The summed E-state index contributed by atoms with van der Waals surface area (Å²) in [6.07, 6.45) is -10.7. The van der Waals surface area contributed by atoms with Crippen molar-refractivity contribution >= 4 is 17.5 Å². The predicted molar refractivity (Wildman–Crippen MR) is 110 cm³/mol. The van der Waals surface area contributed by atoms with Gasteiger partial charge in [-0.05, 0) is 47.6 Å². The molecule has 2 aromatic carbocycles. The van der Waals surface area contributed by atoms with Crippen molar-refractivity contribution in [1.29, 1.82) is 0 Å². The second kappa shape index (κ2) is 8.86. The van der Waals surface area contributed by atoms with Gasteiger partial charge in [-0.25, -0.2) is 0 Å². The smallest absolute Gasteiger partial charge is 0.416 e. The second-order valence-electron chi connectivity index (χ2n) is 8.30. The van der Waals surface area contributed by atoms with Crippen molar-refractivity contribution in [3.8, 4) is 0 Å². The zero-order valence-electron chi connectivity index (χ0n) is 18.3. The molecule has 0 saturated heterocycles. The Hall–Kier alpha value is -2.00. The number of halogens is 6. The number of aryl methyl sites for hydroxylation is 2. The molecule has 0 radical (unpaired) electrons. The highest BCUT2D eigenvalue weighted by Gasteiger charge is 2.43. The van der Waals surface area contributed by atoms with Crippen LogP contribution in [0, 0.1) is 13.8 Å². The first-order valence-electron chi connectivity index (χ1n) is 9.93. The minimum absolute atomic E-state index is 0.0918. The molecule has 0 N–H and O–H groups in total. The van der Waals surface area contributed by atoms with Gasteiger partial charge in [0.05, 0.1) is 5.56 Å². The zero-order valence-corrected chi connectivity index (χ0v) is 18.3. The Labute approximate surface area is 178 Å². The summed E-state index contributed by atoms with van der Waals surface area (Å²) >= 11 is 0. The Bertz CT molecular complexity index is 909.